The molecule has 1 aromatic carbocycles. The van der Waals surface area contributed by atoms with E-state index in [1.54, 1.807) is 18.3 Å². The fourth-order valence-electron chi connectivity index (χ4n) is 1.03. The zero-order chi connectivity index (χ0) is 7.68. The lowest BCUT2D eigenvalue weighted by Gasteiger charge is -1.88. The van der Waals surface area contributed by atoms with Crippen molar-refractivity contribution < 1.29 is 6.22 Å². The lowest BCUT2D eigenvalue weighted by atomic mass is 10.2. The second-order valence-electron chi connectivity index (χ2n) is 2.33. The third-order valence-electron chi connectivity index (χ3n) is 1.60. The summed E-state index contributed by atoms with van der Waals surface area (Å²) in [7, 11) is 0. The number of hydrogen-bond donors (Lipinski definition) is 1. The Kier molecular flexibility index (Phi) is 1.22. The van der Waals surface area contributed by atoms with Crippen LogP contribution >= 0.6 is 0 Å². The van der Waals surface area contributed by atoms with Crippen LogP contribution in [0.3, 0.4) is 0 Å². The van der Waals surface area contributed by atoms with E-state index in [4.69, 9.17) is 0 Å². The molecule has 56 valence electrons. The van der Waals surface area contributed by atoms with Crippen LogP contribution in [0.2, 0.25) is 0 Å². The normalized spacial score (nSPS) is 10.2. The number of carbonyl (C=O) groups excluding carboxylic acids is 1. The number of carbonyl (C=O) groups is 1. The van der Waals surface area contributed by atoms with Crippen LogP contribution < -0.4 is 0 Å². The zero-order valence-corrected chi connectivity index (χ0v) is 5.74. The summed E-state index contributed by atoms with van der Waals surface area (Å²) in [6.07, 6.45) is 2.55. The number of rotatable bonds is 1. The highest BCUT2D eigenvalue weighted by atomic mass is 16.1. The van der Waals surface area contributed by atoms with Gasteiger partial charge in [-0.3, -0.25) is 9.89 Å². The summed E-state index contributed by atoms with van der Waals surface area (Å²) in [5, 5.41) is 7.64. The van der Waals surface area contributed by atoms with Crippen LogP contribution in [0.4, 0.5) is 0 Å². The van der Waals surface area contributed by atoms with E-state index < -0.39 is 0 Å². The average molecular weight is 148 g/mol. The van der Waals surface area contributed by atoms with Crippen LogP contribution in [0.25, 0.3) is 10.9 Å². The van der Waals surface area contributed by atoms with E-state index in [1.807, 2.05) is 6.07 Å². The molecule has 0 amide bonds. The Balaban J connectivity index is 0.000000720. The Morgan fingerprint density at radius 2 is 2.45 bits per heavy atom. The van der Waals surface area contributed by atoms with Crippen LogP contribution in [-0.2, 0) is 0 Å². The number of fused-ring (bicyclic) bond motifs is 1. The number of benzene rings is 1. The summed E-state index contributed by atoms with van der Waals surface area (Å²) in [6, 6.07) is 5.41. The van der Waals surface area contributed by atoms with Crippen LogP contribution in [0, 0.1) is 0 Å². The first-order valence-electron chi connectivity index (χ1n) is 3.28. The fraction of sp³-hybridized carbons (Fsp3) is 0. The van der Waals surface area contributed by atoms with Gasteiger partial charge in [0, 0.05) is 12.4 Å². The minimum Gasteiger partial charge on any atom is -0.298 e. The van der Waals surface area contributed by atoms with E-state index in [-0.39, 0.29) is 1.43 Å². The first-order valence-corrected chi connectivity index (χ1v) is 3.28. The third-order valence-corrected chi connectivity index (χ3v) is 1.60. The lowest BCUT2D eigenvalue weighted by molar-refractivity contribution is 0.112. The number of aromatic amines is 1. The zero-order valence-electron chi connectivity index (χ0n) is 5.74. The van der Waals surface area contributed by atoms with E-state index in [1.165, 1.54) is 0 Å². The summed E-state index contributed by atoms with van der Waals surface area (Å²) in [5.41, 5.74) is 1.57. The maximum Gasteiger partial charge on any atom is 0.150 e. The summed E-state index contributed by atoms with van der Waals surface area (Å²) in [4.78, 5) is 10.3. The molecule has 0 saturated heterocycles. The molecular weight excluding hydrogens is 140 g/mol. The van der Waals surface area contributed by atoms with Crippen molar-refractivity contribution in [2.45, 2.75) is 0 Å². The van der Waals surface area contributed by atoms with E-state index in [2.05, 4.69) is 10.2 Å². The molecule has 0 spiro atoms. The van der Waals surface area contributed by atoms with Gasteiger partial charge in [0.15, 0.2) is 0 Å². The molecular formula is C8H8N2O. The highest BCUT2D eigenvalue weighted by Crippen LogP contribution is 2.10. The highest BCUT2D eigenvalue weighted by Gasteiger charge is 1.95. The standard InChI is InChI=1S/C8H6N2O.H2/c11-5-6-1-2-7-4-9-10-8(7)3-6;/h1-5H,(H,9,10);1H. The largest absolute Gasteiger partial charge is 0.298 e. The van der Waals surface area contributed by atoms with Gasteiger partial charge < -0.3 is 0 Å². The van der Waals surface area contributed by atoms with Crippen LogP contribution in [-0.4, -0.2) is 16.5 Å². The molecule has 2 rings (SSSR count). The molecule has 0 aliphatic heterocycles. The SMILES string of the molecule is O=Cc1ccc2cn[nH]c2c1.[HH]. The molecule has 11 heavy (non-hydrogen) atoms. The molecule has 1 heterocycles. The smallest absolute Gasteiger partial charge is 0.150 e. The molecule has 0 aliphatic carbocycles. The minimum atomic E-state index is 0. The fourth-order valence-corrected chi connectivity index (χ4v) is 1.03. The van der Waals surface area contributed by atoms with Gasteiger partial charge in [-0.15, -0.1) is 0 Å². The molecule has 2 aromatic rings. The second-order valence-corrected chi connectivity index (χ2v) is 2.33. The molecule has 1 N–H and O–H groups in total. The lowest BCUT2D eigenvalue weighted by Crippen LogP contribution is -1.77. The molecule has 3 nitrogen and oxygen atoms in total. The van der Waals surface area contributed by atoms with Crippen molar-refractivity contribution in [2.75, 3.05) is 0 Å². The number of nitrogens with zero attached hydrogens (tertiary/aromatic N) is 1. The summed E-state index contributed by atoms with van der Waals surface area (Å²) < 4.78 is 0. The molecule has 0 fully saturated rings. The summed E-state index contributed by atoms with van der Waals surface area (Å²) >= 11 is 0. The van der Waals surface area contributed by atoms with Crippen molar-refractivity contribution in [2.24, 2.45) is 0 Å². The predicted octanol–water partition coefficient (Wildman–Crippen LogP) is 1.62. The first kappa shape index (κ1) is 6.09. The minimum absolute atomic E-state index is 0. The molecule has 3 heteroatoms. The molecule has 1 aromatic heterocycles. The molecule has 0 saturated carbocycles. The molecule has 0 radical (unpaired) electrons. The van der Waals surface area contributed by atoms with Gasteiger partial charge in [0.2, 0.25) is 0 Å². The monoisotopic (exact) mass is 148 g/mol. The number of aldehydes is 1. The van der Waals surface area contributed by atoms with Crippen molar-refractivity contribution in [3.8, 4) is 0 Å². The Labute approximate surface area is 64.5 Å². The van der Waals surface area contributed by atoms with E-state index in [9.17, 15) is 4.79 Å². The van der Waals surface area contributed by atoms with Crippen molar-refractivity contribution in [3.05, 3.63) is 30.0 Å². The highest BCUT2D eigenvalue weighted by molar-refractivity contribution is 5.85. The summed E-state index contributed by atoms with van der Waals surface area (Å²) in [6.45, 7) is 0. The Morgan fingerprint density at radius 1 is 1.55 bits per heavy atom. The van der Waals surface area contributed by atoms with Gasteiger partial charge in [0.1, 0.15) is 6.29 Å². The number of aromatic nitrogens is 2. The van der Waals surface area contributed by atoms with Crippen LogP contribution in [0.15, 0.2) is 24.4 Å². The Hall–Kier alpha value is -1.64. The average Bonchev–Trinajstić information content (AvgIpc) is 2.50. The topological polar surface area (TPSA) is 45.8 Å². The second kappa shape index (κ2) is 2.20. The van der Waals surface area contributed by atoms with Crippen LogP contribution in [0.5, 0.6) is 0 Å². The van der Waals surface area contributed by atoms with Crippen molar-refractivity contribution in [3.63, 3.8) is 0 Å². The maximum atomic E-state index is 10.3. The molecule has 0 aliphatic rings. The van der Waals surface area contributed by atoms with Crippen molar-refractivity contribution in [1.29, 1.82) is 0 Å². The third kappa shape index (κ3) is 0.902. The quantitative estimate of drug-likeness (QED) is 0.624. The summed E-state index contributed by atoms with van der Waals surface area (Å²) in [5.74, 6) is 0. The Bertz CT molecular complexity index is 397. The van der Waals surface area contributed by atoms with Crippen LogP contribution in [0.1, 0.15) is 11.8 Å². The first-order chi connectivity index (χ1) is 5.40. The maximum absolute atomic E-state index is 10.3. The molecule has 0 bridgehead atoms. The van der Waals surface area contributed by atoms with Gasteiger partial charge in [0.05, 0.1) is 11.7 Å². The van der Waals surface area contributed by atoms with Crippen molar-refractivity contribution in [1.82, 2.24) is 10.2 Å². The van der Waals surface area contributed by atoms with Gasteiger partial charge in [-0.05, 0) is 6.07 Å². The van der Waals surface area contributed by atoms with Gasteiger partial charge in [-0.2, -0.15) is 5.10 Å². The van der Waals surface area contributed by atoms with Gasteiger partial charge in [-0.25, -0.2) is 0 Å². The molecule has 0 unspecified atom stereocenters. The van der Waals surface area contributed by atoms with E-state index in [0.29, 0.717) is 5.56 Å². The molecule has 0 atom stereocenters. The number of nitrogens with one attached hydrogen (secondary N) is 1. The number of H-pyrrole nitrogens is 1. The van der Waals surface area contributed by atoms with Gasteiger partial charge >= 0.3 is 0 Å². The van der Waals surface area contributed by atoms with Gasteiger partial charge in [-0.1, -0.05) is 12.1 Å². The Morgan fingerprint density at radius 3 is 3.27 bits per heavy atom. The number of hydrogen-bond acceptors (Lipinski definition) is 2. The van der Waals surface area contributed by atoms with E-state index in [0.717, 1.165) is 17.2 Å². The van der Waals surface area contributed by atoms with E-state index >= 15 is 0 Å². The van der Waals surface area contributed by atoms with Gasteiger partial charge in [0.25, 0.3) is 0 Å². The predicted molar refractivity (Wildman–Crippen MR) is 43.6 cm³/mol. The van der Waals surface area contributed by atoms with Crippen molar-refractivity contribution >= 4 is 17.2 Å².